The Labute approximate surface area is 209 Å². The number of halogens is 1. The number of hydrogen-bond donors (Lipinski definition) is 1. The Balaban J connectivity index is 1.27. The summed E-state index contributed by atoms with van der Waals surface area (Å²) in [5, 5.41) is 10.2. The van der Waals surface area contributed by atoms with Crippen LogP contribution in [0.4, 0.5) is 4.39 Å². The molecule has 0 amide bonds. The maximum absolute atomic E-state index is 13.3. The van der Waals surface area contributed by atoms with E-state index in [0.29, 0.717) is 17.8 Å². The van der Waals surface area contributed by atoms with Gasteiger partial charge >= 0.3 is 5.97 Å². The molecule has 35 heavy (non-hydrogen) atoms. The molecule has 0 unspecified atom stereocenters. The van der Waals surface area contributed by atoms with Crippen LogP contribution in [0.25, 0.3) is 0 Å². The van der Waals surface area contributed by atoms with Gasteiger partial charge in [-0.1, -0.05) is 61.7 Å². The molecule has 188 valence electrons. The number of carboxylic acids is 1. The van der Waals surface area contributed by atoms with Crippen molar-refractivity contribution >= 4 is 5.97 Å². The fourth-order valence-corrected chi connectivity index (χ4v) is 7.02. The minimum absolute atomic E-state index is 0.170. The van der Waals surface area contributed by atoms with Crippen LogP contribution in [0.3, 0.4) is 0 Å². The monoisotopic (exact) mass is 478 g/mol. The largest absolute Gasteiger partial charge is 0.480 e. The first-order valence-electron chi connectivity index (χ1n) is 13.6. The van der Waals surface area contributed by atoms with Crippen LogP contribution in [0.2, 0.25) is 0 Å². The van der Waals surface area contributed by atoms with Crippen LogP contribution in [0.5, 0.6) is 0 Å². The zero-order chi connectivity index (χ0) is 24.2. The number of hydrogen-bond acceptors (Lipinski definition) is 3. The molecule has 3 fully saturated rings. The average molecular weight is 479 g/mol. The molecule has 2 aromatic carbocycles. The van der Waals surface area contributed by atoms with Gasteiger partial charge in [-0.3, -0.25) is 9.69 Å². The summed E-state index contributed by atoms with van der Waals surface area (Å²) in [4.78, 5) is 17.3. The highest BCUT2D eigenvalue weighted by Gasteiger charge is 2.43. The van der Waals surface area contributed by atoms with Crippen molar-refractivity contribution < 1.29 is 14.3 Å². The van der Waals surface area contributed by atoms with Gasteiger partial charge in [0.1, 0.15) is 11.9 Å². The van der Waals surface area contributed by atoms with Crippen LogP contribution in [0.1, 0.15) is 67.9 Å². The second-order valence-corrected chi connectivity index (χ2v) is 11.0. The van der Waals surface area contributed by atoms with Crippen molar-refractivity contribution in [3.63, 3.8) is 0 Å². The maximum atomic E-state index is 13.3. The summed E-state index contributed by atoms with van der Waals surface area (Å²) in [6.45, 7) is 4.82. The van der Waals surface area contributed by atoms with E-state index in [2.05, 4.69) is 40.1 Å². The Hall–Kier alpha value is -2.24. The summed E-state index contributed by atoms with van der Waals surface area (Å²) >= 11 is 0. The lowest BCUT2D eigenvalue weighted by molar-refractivity contribution is -0.145. The number of benzene rings is 2. The Morgan fingerprint density at radius 3 is 2.23 bits per heavy atom. The number of carbonyl (C=O) groups is 1. The molecule has 2 aliphatic heterocycles. The number of likely N-dealkylation sites (tertiary alicyclic amines) is 2. The lowest BCUT2D eigenvalue weighted by Gasteiger charge is -2.35. The Morgan fingerprint density at radius 2 is 1.57 bits per heavy atom. The van der Waals surface area contributed by atoms with Crippen LogP contribution in [-0.2, 0) is 4.79 Å². The van der Waals surface area contributed by atoms with Gasteiger partial charge in [0.15, 0.2) is 0 Å². The van der Waals surface area contributed by atoms with E-state index in [9.17, 15) is 14.3 Å². The third kappa shape index (κ3) is 5.78. The fourth-order valence-electron chi connectivity index (χ4n) is 7.02. The van der Waals surface area contributed by atoms with Crippen LogP contribution in [0, 0.1) is 17.7 Å². The number of piperidine rings is 1. The highest BCUT2D eigenvalue weighted by molar-refractivity contribution is 5.74. The Morgan fingerprint density at radius 1 is 0.886 bits per heavy atom. The van der Waals surface area contributed by atoms with Crippen LogP contribution in [0.15, 0.2) is 54.6 Å². The van der Waals surface area contributed by atoms with E-state index < -0.39 is 5.97 Å². The molecule has 2 saturated heterocycles. The first kappa shape index (κ1) is 24.5. The van der Waals surface area contributed by atoms with Gasteiger partial charge in [-0.2, -0.15) is 0 Å². The van der Waals surface area contributed by atoms with E-state index in [0.717, 1.165) is 71.2 Å². The predicted molar refractivity (Wildman–Crippen MR) is 137 cm³/mol. The van der Waals surface area contributed by atoms with Crippen LogP contribution in [-0.4, -0.2) is 59.6 Å². The normalized spacial score (nSPS) is 26.1. The smallest absolute Gasteiger partial charge is 0.321 e. The summed E-state index contributed by atoms with van der Waals surface area (Å²) in [5.41, 5.74) is 2.59. The van der Waals surface area contributed by atoms with E-state index in [1.807, 2.05) is 12.1 Å². The molecule has 0 aromatic heterocycles. The molecule has 3 atom stereocenters. The third-order valence-corrected chi connectivity index (χ3v) is 8.86. The number of rotatable bonds is 7. The van der Waals surface area contributed by atoms with E-state index >= 15 is 0 Å². The zero-order valence-corrected chi connectivity index (χ0v) is 20.7. The lowest BCUT2D eigenvalue weighted by Crippen LogP contribution is -2.46. The van der Waals surface area contributed by atoms with Crippen LogP contribution >= 0.6 is 0 Å². The van der Waals surface area contributed by atoms with Crippen molar-refractivity contribution in [2.75, 3.05) is 32.7 Å². The van der Waals surface area contributed by atoms with Gasteiger partial charge in [-0.25, -0.2) is 4.39 Å². The standard InChI is InChI=1S/C30H39FN2O2/c31-27-13-11-22(12-14-27)23-15-17-32(18-16-23)19-26-20-33(21-28(26)24-7-3-1-4-8-24)29(30(34)35)25-9-5-2-6-10-25/h1,3-4,7-8,11-14,23,25-26,28-29H,2,5-6,9-10,15-21H2,(H,34,35)/t26-,28+,29+/m0/s1. The molecular weight excluding hydrogens is 439 g/mol. The molecule has 2 aromatic rings. The quantitative estimate of drug-likeness (QED) is 0.550. The second kappa shape index (κ2) is 11.2. The third-order valence-electron chi connectivity index (χ3n) is 8.86. The first-order chi connectivity index (χ1) is 17.1. The van der Waals surface area contributed by atoms with Crippen LogP contribution < -0.4 is 0 Å². The zero-order valence-electron chi connectivity index (χ0n) is 20.7. The molecule has 2 heterocycles. The van der Waals surface area contributed by atoms with Crippen molar-refractivity contribution in [3.05, 3.63) is 71.5 Å². The highest BCUT2D eigenvalue weighted by Crippen LogP contribution is 2.39. The Bertz CT molecular complexity index is 952. The van der Waals surface area contributed by atoms with Crippen molar-refractivity contribution in [3.8, 4) is 0 Å². The molecule has 1 saturated carbocycles. The highest BCUT2D eigenvalue weighted by atomic mass is 19.1. The van der Waals surface area contributed by atoms with E-state index in [1.165, 1.54) is 17.5 Å². The molecule has 0 radical (unpaired) electrons. The predicted octanol–water partition coefficient (Wildman–Crippen LogP) is 5.75. The van der Waals surface area contributed by atoms with E-state index in [1.54, 1.807) is 12.1 Å². The summed E-state index contributed by atoms with van der Waals surface area (Å²) in [6.07, 6.45) is 7.85. The number of carboxylic acid groups (broad SMARTS) is 1. The first-order valence-corrected chi connectivity index (χ1v) is 13.6. The molecule has 5 rings (SSSR count). The van der Waals surface area contributed by atoms with Crippen molar-refractivity contribution in [1.29, 1.82) is 0 Å². The van der Waals surface area contributed by atoms with Gasteiger partial charge in [-0.15, -0.1) is 0 Å². The molecule has 1 N–H and O–H groups in total. The van der Waals surface area contributed by atoms with Crippen molar-refractivity contribution in [2.24, 2.45) is 11.8 Å². The van der Waals surface area contributed by atoms with Crippen molar-refractivity contribution in [1.82, 2.24) is 9.80 Å². The molecule has 4 nitrogen and oxygen atoms in total. The minimum Gasteiger partial charge on any atom is -0.480 e. The summed E-state index contributed by atoms with van der Waals surface area (Å²) in [7, 11) is 0. The SMILES string of the molecule is O=C(O)[C@@H](C1CCCCC1)N1C[C@H](CN2CCC(c3ccc(F)cc3)CC2)[C@@H](c2ccccc2)C1. The van der Waals surface area contributed by atoms with E-state index in [4.69, 9.17) is 0 Å². The molecule has 0 bridgehead atoms. The van der Waals surface area contributed by atoms with Crippen molar-refractivity contribution in [2.45, 2.75) is 62.8 Å². The Kier molecular flexibility index (Phi) is 7.84. The van der Waals surface area contributed by atoms with Gasteiger partial charge in [0.05, 0.1) is 0 Å². The molecule has 5 heteroatoms. The summed E-state index contributed by atoms with van der Waals surface area (Å²) in [5.74, 6) is 0.783. The van der Waals surface area contributed by atoms with Gasteiger partial charge in [0.25, 0.3) is 0 Å². The molecule has 0 spiro atoms. The fraction of sp³-hybridized carbons (Fsp3) is 0.567. The summed E-state index contributed by atoms with van der Waals surface area (Å²) in [6, 6.07) is 17.4. The number of nitrogens with zero attached hydrogens (tertiary/aromatic N) is 2. The van der Waals surface area contributed by atoms with Gasteiger partial charge in [-0.05, 0) is 79.8 Å². The molecule has 3 aliphatic rings. The topological polar surface area (TPSA) is 43.8 Å². The molecule has 1 aliphatic carbocycles. The average Bonchev–Trinajstić information content (AvgIpc) is 3.29. The minimum atomic E-state index is -0.635. The second-order valence-electron chi connectivity index (χ2n) is 11.0. The summed E-state index contributed by atoms with van der Waals surface area (Å²) < 4.78 is 13.3. The van der Waals surface area contributed by atoms with Gasteiger partial charge in [0, 0.05) is 25.6 Å². The van der Waals surface area contributed by atoms with Gasteiger partial charge < -0.3 is 10.0 Å². The molecular formula is C30H39FN2O2. The lowest BCUT2D eigenvalue weighted by atomic mass is 9.83. The van der Waals surface area contributed by atoms with Gasteiger partial charge in [0.2, 0.25) is 0 Å². The maximum Gasteiger partial charge on any atom is 0.321 e. The van der Waals surface area contributed by atoms with E-state index in [-0.39, 0.29) is 17.8 Å². The number of aliphatic carboxylic acids is 1.